The molecule has 3 aliphatic rings. The Morgan fingerprint density at radius 2 is 1.62 bits per heavy atom. The number of thioether (sulfide) groups is 1. The van der Waals surface area contributed by atoms with Crippen LogP contribution in [0.1, 0.15) is 103 Å². The molecular weight excluding hydrogens is 416 g/mol. The first-order valence-corrected chi connectivity index (χ1v) is 14.6. The molecule has 3 nitrogen and oxygen atoms in total. The van der Waals surface area contributed by atoms with Crippen molar-refractivity contribution in [3.05, 3.63) is 24.3 Å². The summed E-state index contributed by atoms with van der Waals surface area (Å²) in [6, 6.07) is 0. The smallest absolute Gasteiger partial charge is 0.303 e. The highest BCUT2D eigenvalue weighted by Gasteiger charge is 2.47. The molecule has 1 saturated carbocycles. The van der Waals surface area contributed by atoms with E-state index in [0.717, 1.165) is 31.1 Å². The van der Waals surface area contributed by atoms with Crippen LogP contribution in [0.3, 0.4) is 0 Å². The van der Waals surface area contributed by atoms with Crippen molar-refractivity contribution < 1.29 is 14.6 Å². The predicted molar refractivity (Wildman–Crippen MR) is 136 cm³/mol. The first-order valence-electron chi connectivity index (χ1n) is 13.5. The van der Waals surface area contributed by atoms with Gasteiger partial charge in [0, 0.05) is 12.2 Å². The minimum atomic E-state index is -0.691. The van der Waals surface area contributed by atoms with Crippen LogP contribution < -0.4 is 0 Å². The van der Waals surface area contributed by atoms with Gasteiger partial charge in [0.05, 0.1) is 12.2 Å². The molecule has 2 saturated heterocycles. The van der Waals surface area contributed by atoms with Crippen LogP contribution in [-0.4, -0.2) is 34.8 Å². The van der Waals surface area contributed by atoms with E-state index in [1.165, 1.54) is 88.6 Å². The van der Waals surface area contributed by atoms with Gasteiger partial charge in [-0.1, -0.05) is 62.8 Å². The summed E-state index contributed by atoms with van der Waals surface area (Å²) in [7, 11) is 0. The van der Waals surface area contributed by atoms with Gasteiger partial charge in [-0.3, -0.25) is 4.79 Å². The first kappa shape index (κ1) is 25.9. The zero-order valence-electron chi connectivity index (χ0n) is 20.1. The highest BCUT2D eigenvalue weighted by atomic mass is 32.2. The van der Waals surface area contributed by atoms with E-state index in [2.05, 4.69) is 36.1 Å². The van der Waals surface area contributed by atoms with Crippen LogP contribution >= 0.6 is 11.8 Å². The summed E-state index contributed by atoms with van der Waals surface area (Å²) in [6.07, 6.45) is 29.8. The summed E-state index contributed by atoms with van der Waals surface area (Å²) in [5.41, 5.74) is 0. The topological polar surface area (TPSA) is 46.5 Å². The van der Waals surface area contributed by atoms with Gasteiger partial charge in [-0.2, -0.15) is 11.8 Å². The number of fused-ring (bicyclic) bond motifs is 2. The normalized spacial score (nSPS) is 28.4. The maximum Gasteiger partial charge on any atom is 0.303 e. The summed E-state index contributed by atoms with van der Waals surface area (Å²) < 4.78 is 6.26. The molecule has 0 aromatic rings. The molecule has 0 unspecified atom stereocenters. The van der Waals surface area contributed by atoms with E-state index in [1.54, 1.807) is 0 Å². The third-order valence-electron chi connectivity index (χ3n) is 7.85. The van der Waals surface area contributed by atoms with Gasteiger partial charge >= 0.3 is 5.97 Å². The molecule has 2 bridgehead atoms. The lowest BCUT2D eigenvalue weighted by Gasteiger charge is -2.27. The van der Waals surface area contributed by atoms with E-state index in [4.69, 9.17) is 9.84 Å². The molecule has 182 valence electrons. The summed E-state index contributed by atoms with van der Waals surface area (Å²) in [4.78, 5) is 10.6. The number of rotatable bonds is 16. The number of allylic oxidation sites excluding steroid dienone is 3. The quantitative estimate of drug-likeness (QED) is 0.188. The second kappa shape index (κ2) is 15.2. The number of carboxylic acid groups (broad SMARTS) is 1. The third kappa shape index (κ3) is 9.25. The molecule has 3 fully saturated rings. The molecule has 32 heavy (non-hydrogen) atoms. The lowest BCUT2D eigenvalue weighted by Crippen LogP contribution is -2.26. The Morgan fingerprint density at radius 1 is 0.844 bits per heavy atom. The summed E-state index contributed by atoms with van der Waals surface area (Å²) in [6.45, 7) is 0. The minimum absolute atomic E-state index is 0.276. The third-order valence-corrected chi connectivity index (χ3v) is 8.86. The number of unbranched alkanes of at least 4 members (excludes halogenated alkanes) is 2. The standard InChI is InChI=1S/C28H46O3S/c29-28(30)18-9-2-1-8-16-24-25(27-20-19-26(24)31-27)17-10-12-22-32-21-11-4-7-15-23-13-5-3-6-14-23/h1,4,8,11,23-27H,2-3,5-7,9-10,12-22H2,(H,29,30)/b8-1-,11-4?/t24-,25+,26-,27+/m1/s1. The van der Waals surface area contributed by atoms with Crippen molar-refractivity contribution in [2.24, 2.45) is 17.8 Å². The van der Waals surface area contributed by atoms with Gasteiger partial charge in [-0.15, -0.1) is 0 Å². The van der Waals surface area contributed by atoms with E-state index in [0.29, 0.717) is 18.1 Å². The molecule has 1 aliphatic carbocycles. The number of hydrogen-bond acceptors (Lipinski definition) is 3. The average Bonchev–Trinajstić information content (AvgIpc) is 3.40. The summed E-state index contributed by atoms with van der Waals surface area (Å²) >= 11 is 2.09. The van der Waals surface area contributed by atoms with Crippen LogP contribution in [0.5, 0.6) is 0 Å². The number of carbonyl (C=O) groups is 1. The van der Waals surface area contributed by atoms with E-state index in [9.17, 15) is 4.79 Å². The fraction of sp³-hybridized carbons (Fsp3) is 0.821. The first-order chi connectivity index (χ1) is 15.7. The van der Waals surface area contributed by atoms with Crippen molar-refractivity contribution in [2.75, 3.05) is 11.5 Å². The number of ether oxygens (including phenoxy) is 1. The monoisotopic (exact) mass is 462 g/mol. The molecule has 0 amide bonds. The van der Waals surface area contributed by atoms with E-state index in [1.807, 2.05) is 0 Å². The molecule has 3 rings (SSSR count). The van der Waals surface area contributed by atoms with Crippen molar-refractivity contribution in [3.8, 4) is 0 Å². The van der Waals surface area contributed by atoms with Gasteiger partial charge in [0.2, 0.25) is 0 Å². The van der Waals surface area contributed by atoms with E-state index < -0.39 is 5.97 Å². The van der Waals surface area contributed by atoms with Gasteiger partial charge in [0.1, 0.15) is 0 Å². The van der Waals surface area contributed by atoms with Gasteiger partial charge in [-0.25, -0.2) is 0 Å². The molecule has 0 radical (unpaired) electrons. The minimum Gasteiger partial charge on any atom is -0.481 e. The Balaban J connectivity index is 1.21. The fourth-order valence-electron chi connectivity index (χ4n) is 6.07. The Kier molecular flexibility index (Phi) is 12.3. The van der Waals surface area contributed by atoms with E-state index >= 15 is 0 Å². The van der Waals surface area contributed by atoms with Crippen molar-refractivity contribution >= 4 is 17.7 Å². The second-order valence-electron chi connectivity index (χ2n) is 10.2. The van der Waals surface area contributed by atoms with Crippen LogP contribution in [0, 0.1) is 17.8 Å². The molecule has 0 spiro atoms. The molecule has 1 N–H and O–H groups in total. The molecule has 4 heteroatoms. The maximum atomic E-state index is 10.6. The van der Waals surface area contributed by atoms with Gasteiger partial charge < -0.3 is 9.84 Å². The number of hydrogen-bond donors (Lipinski definition) is 1. The van der Waals surface area contributed by atoms with Gasteiger partial charge in [0.25, 0.3) is 0 Å². The Hall–Kier alpha value is -0.740. The molecular formula is C28H46O3S. The molecule has 4 atom stereocenters. The van der Waals surface area contributed by atoms with Crippen molar-refractivity contribution in [1.29, 1.82) is 0 Å². The zero-order valence-corrected chi connectivity index (χ0v) is 20.9. The second-order valence-corrected chi connectivity index (χ2v) is 11.4. The van der Waals surface area contributed by atoms with Crippen LogP contribution in [0.4, 0.5) is 0 Å². The van der Waals surface area contributed by atoms with Gasteiger partial charge in [0.15, 0.2) is 0 Å². The Bertz CT molecular complexity index is 581. The van der Waals surface area contributed by atoms with Crippen molar-refractivity contribution in [1.82, 2.24) is 0 Å². The van der Waals surface area contributed by atoms with Crippen LogP contribution in [0.15, 0.2) is 24.3 Å². The lowest BCUT2D eigenvalue weighted by atomic mass is 9.75. The lowest BCUT2D eigenvalue weighted by molar-refractivity contribution is -0.137. The highest BCUT2D eigenvalue weighted by Crippen LogP contribution is 2.47. The van der Waals surface area contributed by atoms with Crippen LogP contribution in [0.2, 0.25) is 0 Å². The van der Waals surface area contributed by atoms with E-state index in [-0.39, 0.29) is 6.42 Å². The van der Waals surface area contributed by atoms with Crippen LogP contribution in [-0.2, 0) is 9.53 Å². The average molecular weight is 463 g/mol. The van der Waals surface area contributed by atoms with Gasteiger partial charge in [-0.05, 0) is 81.3 Å². The fourth-order valence-corrected chi connectivity index (χ4v) is 6.92. The number of carboxylic acids is 1. The summed E-state index contributed by atoms with van der Waals surface area (Å²) in [5.74, 6) is 4.20. The number of aliphatic carboxylic acids is 1. The maximum absolute atomic E-state index is 10.6. The molecule has 2 aliphatic heterocycles. The Morgan fingerprint density at radius 3 is 2.44 bits per heavy atom. The van der Waals surface area contributed by atoms with Crippen molar-refractivity contribution in [3.63, 3.8) is 0 Å². The molecule has 2 heterocycles. The largest absolute Gasteiger partial charge is 0.481 e. The van der Waals surface area contributed by atoms with Crippen molar-refractivity contribution in [2.45, 2.75) is 115 Å². The van der Waals surface area contributed by atoms with Crippen LogP contribution in [0.25, 0.3) is 0 Å². The zero-order chi connectivity index (χ0) is 22.4. The predicted octanol–water partition coefficient (Wildman–Crippen LogP) is 7.80. The molecule has 0 aromatic heterocycles. The highest BCUT2D eigenvalue weighted by molar-refractivity contribution is 7.99. The Labute approximate surface area is 200 Å². The SMILES string of the molecule is O=C(O)CCC/C=C\C[C@@H]1[C@H](CCCCSCC=CCCC2CCCCC2)[C@@H]2CC[C@H]1O2. The molecule has 0 aromatic carbocycles. The summed E-state index contributed by atoms with van der Waals surface area (Å²) in [5, 5.41) is 8.73.